The Morgan fingerprint density at radius 2 is 1.17 bits per heavy atom. The summed E-state index contributed by atoms with van der Waals surface area (Å²) in [5.74, 6) is 1.93. The molecule has 0 spiro atoms. The van der Waals surface area contributed by atoms with Crippen LogP contribution in [0.4, 0.5) is 0 Å². The molecule has 1 saturated carbocycles. The summed E-state index contributed by atoms with van der Waals surface area (Å²) in [5, 5.41) is 0. The van der Waals surface area contributed by atoms with E-state index in [1.54, 1.807) is 0 Å². The van der Waals surface area contributed by atoms with Gasteiger partial charge in [-0.2, -0.15) is 0 Å². The molecule has 0 aromatic heterocycles. The van der Waals surface area contributed by atoms with Crippen molar-refractivity contribution in [2.75, 3.05) is 13.1 Å². The minimum atomic E-state index is 0.964. The van der Waals surface area contributed by atoms with Crippen molar-refractivity contribution in [3.05, 3.63) is 0 Å². The largest absolute Gasteiger partial charge is 0.258 e. The summed E-state index contributed by atoms with van der Waals surface area (Å²) in [6.45, 7) is 2.40. The van der Waals surface area contributed by atoms with Gasteiger partial charge in [-0.15, -0.1) is 0 Å². The van der Waals surface area contributed by atoms with Crippen molar-refractivity contribution >= 4 is 0 Å². The third-order valence-electron chi connectivity index (χ3n) is 3.42. The lowest BCUT2D eigenvalue weighted by molar-refractivity contribution is 0.190. The maximum Gasteiger partial charge on any atom is 0.0131 e. The lowest BCUT2D eigenvalue weighted by Crippen LogP contribution is -2.48. The number of nitrogens with one attached hydrogen (secondary N) is 2. The number of hydrogen-bond donors (Lipinski definition) is 2. The Bertz CT molecular complexity index is 120. The maximum absolute atomic E-state index is 3.28. The van der Waals surface area contributed by atoms with Crippen LogP contribution < -0.4 is 10.9 Å². The quantitative estimate of drug-likeness (QED) is 0.575. The van der Waals surface area contributed by atoms with E-state index in [0.717, 1.165) is 11.8 Å². The molecular formula is C10H20N2. The van der Waals surface area contributed by atoms with Crippen LogP contribution >= 0.6 is 0 Å². The standard InChI is InChI=1S/C10H20N2/c1-2-4-6-10-8-12-11-7-9(10)5-3-1/h9-12H,1-8H2. The molecule has 2 unspecified atom stereocenters. The highest BCUT2D eigenvalue weighted by Gasteiger charge is 2.24. The summed E-state index contributed by atoms with van der Waals surface area (Å²) in [7, 11) is 0. The van der Waals surface area contributed by atoms with E-state index < -0.39 is 0 Å². The third-order valence-corrected chi connectivity index (χ3v) is 3.42. The lowest BCUT2D eigenvalue weighted by Gasteiger charge is -2.34. The van der Waals surface area contributed by atoms with Gasteiger partial charge in [-0.1, -0.05) is 25.7 Å². The van der Waals surface area contributed by atoms with E-state index in [1.165, 1.54) is 51.6 Å². The highest BCUT2D eigenvalue weighted by molar-refractivity contribution is 4.78. The van der Waals surface area contributed by atoms with Gasteiger partial charge in [-0.3, -0.25) is 10.9 Å². The minimum absolute atomic E-state index is 0.964. The van der Waals surface area contributed by atoms with Gasteiger partial charge in [0.05, 0.1) is 0 Å². The number of hydrazine groups is 1. The number of hydrogen-bond acceptors (Lipinski definition) is 2. The van der Waals surface area contributed by atoms with E-state index in [-0.39, 0.29) is 0 Å². The van der Waals surface area contributed by atoms with Gasteiger partial charge in [0, 0.05) is 13.1 Å². The van der Waals surface area contributed by atoms with Crippen LogP contribution in [0.3, 0.4) is 0 Å². The van der Waals surface area contributed by atoms with E-state index >= 15 is 0 Å². The van der Waals surface area contributed by atoms with Gasteiger partial charge in [0.1, 0.15) is 0 Å². The Morgan fingerprint density at radius 3 is 1.67 bits per heavy atom. The molecule has 1 aliphatic heterocycles. The first-order valence-corrected chi connectivity index (χ1v) is 5.42. The Morgan fingerprint density at radius 1 is 0.667 bits per heavy atom. The van der Waals surface area contributed by atoms with Crippen LogP contribution in [0.1, 0.15) is 38.5 Å². The molecule has 2 nitrogen and oxygen atoms in total. The second kappa shape index (κ2) is 4.24. The molecule has 2 atom stereocenters. The Labute approximate surface area is 75.1 Å². The van der Waals surface area contributed by atoms with E-state index in [2.05, 4.69) is 10.9 Å². The topological polar surface area (TPSA) is 24.1 Å². The summed E-state index contributed by atoms with van der Waals surface area (Å²) < 4.78 is 0. The van der Waals surface area contributed by atoms with Gasteiger partial charge in [-0.05, 0) is 24.7 Å². The van der Waals surface area contributed by atoms with Crippen LogP contribution in [0.5, 0.6) is 0 Å². The maximum atomic E-state index is 3.28. The first-order chi connectivity index (χ1) is 5.97. The first-order valence-electron chi connectivity index (χ1n) is 5.42. The fraction of sp³-hybridized carbons (Fsp3) is 1.00. The molecule has 0 aromatic rings. The molecule has 12 heavy (non-hydrogen) atoms. The molecule has 1 heterocycles. The molecular weight excluding hydrogens is 148 g/mol. The highest BCUT2D eigenvalue weighted by atomic mass is 15.4. The molecule has 2 rings (SSSR count). The van der Waals surface area contributed by atoms with Crippen molar-refractivity contribution in [2.45, 2.75) is 38.5 Å². The van der Waals surface area contributed by atoms with Gasteiger partial charge in [0.15, 0.2) is 0 Å². The second-order valence-corrected chi connectivity index (χ2v) is 4.27. The van der Waals surface area contributed by atoms with Crippen molar-refractivity contribution in [1.29, 1.82) is 0 Å². The molecule has 2 N–H and O–H groups in total. The smallest absolute Gasteiger partial charge is 0.0131 e. The normalized spacial score (nSPS) is 38.0. The van der Waals surface area contributed by atoms with E-state index in [4.69, 9.17) is 0 Å². The molecule has 0 amide bonds. The molecule has 70 valence electrons. The molecule has 1 saturated heterocycles. The van der Waals surface area contributed by atoms with Gasteiger partial charge >= 0.3 is 0 Å². The van der Waals surface area contributed by atoms with Gasteiger partial charge < -0.3 is 0 Å². The summed E-state index contributed by atoms with van der Waals surface area (Å²) >= 11 is 0. The van der Waals surface area contributed by atoms with Crippen LogP contribution in [0.15, 0.2) is 0 Å². The van der Waals surface area contributed by atoms with E-state index in [9.17, 15) is 0 Å². The van der Waals surface area contributed by atoms with Crippen LogP contribution in [-0.2, 0) is 0 Å². The average molecular weight is 168 g/mol. The Kier molecular flexibility index (Phi) is 3.01. The predicted octanol–water partition coefficient (Wildman–Crippen LogP) is 1.68. The van der Waals surface area contributed by atoms with Crippen molar-refractivity contribution in [2.24, 2.45) is 11.8 Å². The second-order valence-electron chi connectivity index (χ2n) is 4.27. The molecule has 0 bridgehead atoms. The van der Waals surface area contributed by atoms with Crippen molar-refractivity contribution in [3.8, 4) is 0 Å². The molecule has 2 heteroatoms. The SMILES string of the molecule is C1CCCC2CNNCC2CC1. The molecule has 0 aromatic carbocycles. The summed E-state index contributed by atoms with van der Waals surface area (Å²) in [4.78, 5) is 0. The molecule has 2 aliphatic rings. The zero-order valence-corrected chi connectivity index (χ0v) is 7.81. The van der Waals surface area contributed by atoms with Crippen LogP contribution in [0.2, 0.25) is 0 Å². The average Bonchev–Trinajstić information content (AvgIpc) is 2.06. The fourth-order valence-corrected chi connectivity index (χ4v) is 2.58. The number of fused-ring (bicyclic) bond motifs is 1. The fourth-order valence-electron chi connectivity index (χ4n) is 2.58. The van der Waals surface area contributed by atoms with Gasteiger partial charge in [-0.25, -0.2) is 0 Å². The van der Waals surface area contributed by atoms with Crippen LogP contribution in [0.25, 0.3) is 0 Å². The first kappa shape index (κ1) is 8.52. The monoisotopic (exact) mass is 168 g/mol. The summed E-state index contributed by atoms with van der Waals surface area (Å²) in [6.07, 6.45) is 8.78. The summed E-state index contributed by atoms with van der Waals surface area (Å²) in [5.41, 5.74) is 6.56. The zero-order chi connectivity index (χ0) is 8.23. The Hall–Kier alpha value is -0.0800. The van der Waals surface area contributed by atoms with Crippen LogP contribution in [0, 0.1) is 11.8 Å². The van der Waals surface area contributed by atoms with E-state index in [1.807, 2.05) is 0 Å². The van der Waals surface area contributed by atoms with E-state index in [0.29, 0.717) is 0 Å². The Balaban J connectivity index is 1.89. The van der Waals surface area contributed by atoms with Crippen LogP contribution in [-0.4, -0.2) is 13.1 Å². The highest BCUT2D eigenvalue weighted by Crippen LogP contribution is 2.28. The zero-order valence-electron chi connectivity index (χ0n) is 7.81. The van der Waals surface area contributed by atoms with Crippen molar-refractivity contribution < 1.29 is 0 Å². The molecule has 2 fully saturated rings. The lowest BCUT2D eigenvalue weighted by atomic mass is 9.81. The molecule has 0 radical (unpaired) electrons. The van der Waals surface area contributed by atoms with Gasteiger partial charge in [0.2, 0.25) is 0 Å². The third kappa shape index (κ3) is 1.99. The van der Waals surface area contributed by atoms with Crippen molar-refractivity contribution in [1.82, 2.24) is 10.9 Å². The number of rotatable bonds is 0. The summed E-state index contributed by atoms with van der Waals surface area (Å²) in [6, 6.07) is 0. The van der Waals surface area contributed by atoms with Crippen molar-refractivity contribution in [3.63, 3.8) is 0 Å². The molecule has 1 aliphatic carbocycles. The van der Waals surface area contributed by atoms with Gasteiger partial charge in [0.25, 0.3) is 0 Å². The minimum Gasteiger partial charge on any atom is -0.258 e. The predicted molar refractivity (Wildman–Crippen MR) is 50.7 cm³/mol.